The maximum atomic E-state index is 3.68. The zero-order valence-electron chi connectivity index (χ0n) is 4.74. The van der Waals surface area contributed by atoms with E-state index in [9.17, 15) is 0 Å². The quantitative estimate of drug-likeness (QED) is 0.404. The van der Waals surface area contributed by atoms with Crippen molar-refractivity contribution in [1.29, 1.82) is 0 Å². The van der Waals surface area contributed by atoms with E-state index >= 15 is 0 Å². The third-order valence-corrected chi connectivity index (χ3v) is 0.604. The van der Waals surface area contributed by atoms with Crippen molar-refractivity contribution >= 4 is 8.41 Å². The second kappa shape index (κ2) is 16.0. The van der Waals surface area contributed by atoms with Crippen LogP contribution < -0.4 is 0 Å². The van der Waals surface area contributed by atoms with Crippen LogP contribution in [-0.2, 0) is 16.8 Å². The summed E-state index contributed by atoms with van der Waals surface area (Å²) in [5.41, 5.74) is 0. The van der Waals surface area contributed by atoms with Gasteiger partial charge in [-0.2, -0.15) is 6.42 Å². The second-order valence-electron chi connectivity index (χ2n) is 1.21. The van der Waals surface area contributed by atoms with E-state index in [1.807, 2.05) is 0 Å². The zero-order chi connectivity index (χ0) is 4.12. The molecule has 0 N–H and O–H groups in total. The Bertz CT molecular complexity index is 15.6. The van der Waals surface area contributed by atoms with Gasteiger partial charge in [-0.25, -0.2) is 0 Å². The summed E-state index contributed by atoms with van der Waals surface area (Å²) in [4.78, 5) is 0. The molecule has 0 bridgehead atoms. The Labute approximate surface area is 58.8 Å². The largest absolute Gasteiger partial charge is 0.343 e. The van der Waals surface area contributed by atoms with Gasteiger partial charge in [0, 0.05) is 25.2 Å². The van der Waals surface area contributed by atoms with Gasteiger partial charge in [0.2, 0.25) is 0 Å². The molecule has 0 nitrogen and oxygen atoms in total. The normalized spacial score (nSPS) is 6.00. The van der Waals surface area contributed by atoms with Gasteiger partial charge in [0.1, 0.15) is 0 Å². The van der Waals surface area contributed by atoms with Crippen LogP contribution in [0.2, 0.25) is 0 Å². The van der Waals surface area contributed by atoms with Gasteiger partial charge >= 0.3 is 0 Å². The first-order valence-electron chi connectivity index (χ1n) is 2.21. The van der Waals surface area contributed by atoms with E-state index in [0.29, 0.717) is 0 Å². The Morgan fingerprint density at radius 1 is 1.43 bits per heavy atom. The summed E-state index contributed by atoms with van der Waals surface area (Å²) in [6, 6.07) is 0. The van der Waals surface area contributed by atoms with Crippen LogP contribution in [0.4, 0.5) is 0 Å². The smallest absolute Gasteiger partial charge is 0 e. The SMILES string of the molecule is [B].[CH2-]CCCC.[Co]. The van der Waals surface area contributed by atoms with Gasteiger partial charge in [0.15, 0.2) is 0 Å². The number of rotatable bonds is 2. The van der Waals surface area contributed by atoms with Crippen molar-refractivity contribution in [3.05, 3.63) is 6.92 Å². The first-order chi connectivity index (χ1) is 2.41. The Kier molecular flexibility index (Phi) is 35.7. The summed E-state index contributed by atoms with van der Waals surface area (Å²) in [5, 5.41) is 0. The van der Waals surface area contributed by atoms with Gasteiger partial charge < -0.3 is 6.92 Å². The summed E-state index contributed by atoms with van der Waals surface area (Å²) >= 11 is 0. The van der Waals surface area contributed by atoms with E-state index in [1.165, 1.54) is 12.8 Å². The standard InChI is InChI=1S/C5H11.B.Co/c1-3-5-4-2;;/h1,3-5H2,2H3;;/q-1;;. The van der Waals surface area contributed by atoms with E-state index in [0.717, 1.165) is 6.42 Å². The van der Waals surface area contributed by atoms with Crippen molar-refractivity contribution in [2.24, 2.45) is 0 Å². The van der Waals surface area contributed by atoms with Crippen LogP contribution in [0.15, 0.2) is 0 Å². The summed E-state index contributed by atoms with van der Waals surface area (Å²) in [6.45, 7) is 5.85. The van der Waals surface area contributed by atoms with Crippen LogP contribution in [0.25, 0.3) is 0 Å². The van der Waals surface area contributed by atoms with E-state index < -0.39 is 0 Å². The fraction of sp³-hybridized carbons (Fsp3) is 0.800. The molecule has 2 heteroatoms. The van der Waals surface area contributed by atoms with Crippen molar-refractivity contribution in [2.75, 3.05) is 0 Å². The monoisotopic (exact) mass is 141 g/mol. The number of hydrogen-bond donors (Lipinski definition) is 0. The van der Waals surface area contributed by atoms with Crippen molar-refractivity contribution < 1.29 is 16.8 Å². The summed E-state index contributed by atoms with van der Waals surface area (Å²) in [5.74, 6) is 0. The van der Waals surface area contributed by atoms with Gasteiger partial charge in [-0.05, 0) is 0 Å². The van der Waals surface area contributed by atoms with Gasteiger partial charge in [-0.15, -0.1) is 0 Å². The molecule has 4 radical (unpaired) electrons. The molecule has 0 aliphatic rings. The van der Waals surface area contributed by atoms with E-state index in [4.69, 9.17) is 0 Å². The molecule has 0 saturated carbocycles. The van der Waals surface area contributed by atoms with Crippen LogP contribution in [-0.4, -0.2) is 8.41 Å². The molecule has 0 atom stereocenters. The van der Waals surface area contributed by atoms with Crippen molar-refractivity contribution in [2.45, 2.75) is 26.2 Å². The topological polar surface area (TPSA) is 0 Å². The minimum absolute atomic E-state index is 0. The van der Waals surface area contributed by atoms with Gasteiger partial charge in [-0.1, -0.05) is 19.8 Å². The number of unbranched alkanes of at least 4 members (excludes halogenated alkanes) is 2. The average molecular weight is 141 g/mol. The number of hydrogen-bond acceptors (Lipinski definition) is 0. The molecule has 0 fully saturated rings. The summed E-state index contributed by atoms with van der Waals surface area (Å²) < 4.78 is 0. The van der Waals surface area contributed by atoms with E-state index in [-0.39, 0.29) is 25.2 Å². The zero-order valence-corrected chi connectivity index (χ0v) is 5.78. The molecule has 0 aromatic carbocycles. The van der Waals surface area contributed by atoms with Crippen molar-refractivity contribution in [3.8, 4) is 0 Å². The maximum Gasteiger partial charge on any atom is 0 e. The molecule has 0 aromatic heterocycles. The Balaban J connectivity index is -0.0000000800. The minimum atomic E-state index is 0. The molecule has 0 unspecified atom stereocenters. The molecule has 0 aliphatic carbocycles. The van der Waals surface area contributed by atoms with E-state index in [1.54, 1.807) is 0 Å². The molecule has 44 valence electrons. The average Bonchev–Trinajstić information content (AvgIpc) is 1.41. The third kappa shape index (κ3) is 20.8. The third-order valence-electron chi connectivity index (χ3n) is 0.604. The molecular formula is C5H11BCo-. The predicted molar refractivity (Wildman–Crippen MR) is 30.6 cm³/mol. The molecule has 0 aliphatic heterocycles. The molecule has 0 heterocycles. The van der Waals surface area contributed by atoms with Crippen LogP contribution in [0, 0.1) is 6.92 Å². The van der Waals surface area contributed by atoms with Crippen LogP contribution in [0.3, 0.4) is 0 Å². The Hall–Kier alpha value is 0.571. The van der Waals surface area contributed by atoms with Crippen LogP contribution >= 0.6 is 0 Å². The summed E-state index contributed by atoms with van der Waals surface area (Å²) in [7, 11) is 0. The molecule has 7 heavy (non-hydrogen) atoms. The predicted octanol–water partition coefficient (Wildman–Crippen LogP) is 1.63. The van der Waals surface area contributed by atoms with E-state index in [2.05, 4.69) is 13.8 Å². The van der Waals surface area contributed by atoms with Gasteiger partial charge in [0.25, 0.3) is 0 Å². The fourth-order valence-electron chi connectivity index (χ4n) is 0.250. The van der Waals surface area contributed by atoms with Crippen molar-refractivity contribution in [3.63, 3.8) is 0 Å². The van der Waals surface area contributed by atoms with Crippen LogP contribution in [0.1, 0.15) is 26.2 Å². The molecular weight excluding hydrogens is 130 g/mol. The van der Waals surface area contributed by atoms with Gasteiger partial charge in [-0.3, -0.25) is 0 Å². The first-order valence-corrected chi connectivity index (χ1v) is 2.21. The molecule has 0 rings (SSSR count). The Morgan fingerprint density at radius 3 is 1.86 bits per heavy atom. The van der Waals surface area contributed by atoms with Crippen molar-refractivity contribution in [1.82, 2.24) is 0 Å². The second-order valence-corrected chi connectivity index (χ2v) is 1.21. The van der Waals surface area contributed by atoms with Gasteiger partial charge in [0.05, 0.1) is 0 Å². The summed E-state index contributed by atoms with van der Waals surface area (Å²) in [6.07, 6.45) is 3.65. The fourth-order valence-corrected chi connectivity index (χ4v) is 0.250. The molecule has 0 spiro atoms. The van der Waals surface area contributed by atoms with Crippen LogP contribution in [0.5, 0.6) is 0 Å². The maximum absolute atomic E-state index is 3.68. The minimum Gasteiger partial charge on any atom is -0.343 e. The molecule has 0 saturated heterocycles. The molecule has 0 amide bonds. The molecule has 0 aromatic rings. The Morgan fingerprint density at radius 2 is 1.86 bits per heavy atom. The first kappa shape index (κ1) is 15.6.